The minimum atomic E-state index is 1.02. The van der Waals surface area contributed by atoms with E-state index < -0.39 is 0 Å². The predicted octanol–water partition coefficient (Wildman–Crippen LogP) is 2.36. The minimum Gasteiger partial charge on any atom is -0.100 e. The Labute approximate surface area is 58.0 Å². The van der Waals surface area contributed by atoms with E-state index in [0.717, 1.165) is 6.42 Å². The first-order valence-corrected chi connectivity index (χ1v) is 3.14. The largest absolute Gasteiger partial charge is 0.100 e. The molecule has 0 spiro atoms. The molecule has 0 aliphatic heterocycles. The van der Waals surface area contributed by atoms with Crippen molar-refractivity contribution in [2.75, 3.05) is 0 Å². The summed E-state index contributed by atoms with van der Waals surface area (Å²) < 4.78 is 0. The Kier molecular flexibility index (Phi) is 2.32. The SMILES string of the molecule is C=C(C)C[C]1[CH][CH][CH][CH]1. The van der Waals surface area contributed by atoms with Gasteiger partial charge in [0.1, 0.15) is 0 Å². The van der Waals surface area contributed by atoms with Gasteiger partial charge in [-0.1, -0.05) is 5.57 Å². The van der Waals surface area contributed by atoms with Crippen molar-refractivity contribution < 1.29 is 0 Å². The van der Waals surface area contributed by atoms with Crippen LogP contribution in [0.2, 0.25) is 0 Å². The molecule has 0 heterocycles. The van der Waals surface area contributed by atoms with Crippen LogP contribution in [-0.2, 0) is 0 Å². The Morgan fingerprint density at radius 3 is 2.44 bits per heavy atom. The van der Waals surface area contributed by atoms with Crippen LogP contribution in [0.5, 0.6) is 0 Å². The maximum Gasteiger partial charge on any atom is -0.0127 e. The maximum absolute atomic E-state index is 3.83. The van der Waals surface area contributed by atoms with Gasteiger partial charge in [0.25, 0.3) is 0 Å². The van der Waals surface area contributed by atoms with E-state index in [0.29, 0.717) is 0 Å². The monoisotopic (exact) mass is 119 g/mol. The van der Waals surface area contributed by atoms with E-state index >= 15 is 0 Å². The van der Waals surface area contributed by atoms with Crippen LogP contribution in [0, 0.1) is 31.6 Å². The highest BCUT2D eigenvalue weighted by Crippen LogP contribution is 2.28. The molecule has 0 aromatic carbocycles. The van der Waals surface area contributed by atoms with Gasteiger partial charge in [0.2, 0.25) is 0 Å². The van der Waals surface area contributed by atoms with Gasteiger partial charge >= 0.3 is 0 Å². The summed E-state index contributed by atoms with van der Waals surface area (Å²) in [4.78, 5) is 0. The molecule has 0 saturated heterocycles. The van der Waals surface area contributed by atoms with Crippen LogP contribution < -0.4 is 0 Å². The number of allylic oxidation sites excluding steroid dienone is 1. The van der Waals surface area contributed by atoms with Crippen molar-refractivity contribution >= 4 is 0 Å². The van der Waals surface area contributed by atoms with Gasteiger partial charge in [0, 0.05) is 0 Å². The second-order valence-electron chi connectivity index (χ2n) is 2.43. The lowest BCUT2D eigenvalue weighted by Crippen LogP contribution is -1.90. The van der Waals surface area contributed by atoms with Gasteiger partial charge in [-0.25, -0.2) is 0 Å². The lowest BCUT2D eigenvalue weighted by Gasteiger charge is -2.04. The van der Waals surface area contributed by atoms with Crippen LogP contribution in [-0.4, -0.2) is 0 Å². The van der Waals surface area contributed by atoms with Gasteiger partial charge < -0.3 is 0 Å². The van der Waals surface area contributed by atoms with Crippen LogP contribution in [0.25, 0.3) is 0 Å². The summed E-state index contributed by atoms with van der Waals surface area (Å²) >= 11 is 0. The minimum absolute atomic E-state index is 1.02. The second kappa shape index (κ2) is 3.05. The summed E-state index contributed by atoms with van der Waals surface area (Å²) in [6.07, 6.45) is 9.37. The Morgan fingerprint density at radius 2 is 2.00 bits per heavy atom. The Hall–Kier alpha value is -0.260. The van der Waals surface area contributed by atoms with E-state index in [-0.39, 0.29) is 0 Å². The third-order valence-corrected chi connectivity index (χ3v) is 1.24. The molecule has 0 heteroatoms. The highest BCUT2D eigenvalue weighted by Gasteiger charge is 2.15. The molecule has 5 radical (unpaired) electrons. The van der Waals surface area contributed by atoms with Gasteiger partial charge in [-0.2, -0.15) is 0 Å². The quantitative estimate of drug-likeness (QED) is 0.489. The van der Waals surface area contributed by atoms with Crippen molar-refractivity contribution in [3.05, 3.63) is 43.8 Å². The molecular weight excluding hydrogens is 108 g/mol. The molecule has 0 nitrogen and oxygen atoms in total. The zero-order valence-electron chi connectivity index (χ0n) is 5.72. The van der Waals surface area contributed by atoms with Crippen molar-refractivity contribution in [3.63, 3.8) is 0 Å². The van der Waals surface area contributed by atoms with Crippen molar-refractivity contribution in [2.24, 2.45) is 0 Å². The van der Waals surface area contributed by atoms with Crippen LogP contribution in [0.1, 0.15) is 13.3 Å². The molecule has 0 unspecified atom stereocenters. The zero-order chi connectivity index (χ0) is 6.69. The third kappa shape index (κ3) is 2.21. The number of hydrogen-bond acceptors (Lipinski definition) is 0. The smallest absolute Gasteiger partial charge is 0.0127 e. The molecule has 47 valence electrons. The Morgan fingerprint density at radius 1 is 1.44 bits per heavy atom. The molecule has 1 aliphatic rings. The first-order chi connectivity index (χ1) is 4.29. The van der Waals surface area contributed by atoms with E-state index in [1.165, 1.54) is 11.5 Å². The van der Waals surface area contributed by atoms with E-state index in [9.17, 15) is 0 Å². The van der Waals surface area contributed by atoms with Crippen LogP contribution >= 0.6 is 0 Å². The van der Waals surface area contributed by atoms with E-state index in [4.69, 9.17) is 0 Å². The van der Waals surface area contributed by atoms with Crippen LogP contribution in [0.4, 0.5) is 0 Å². The molecule has 1 rings (SSSR count). The fraction of sp³-hybridized carbons (Fsp3) is 0.222. The van der Waals surface area contributed by atoms with Crippen molar-refractivity contribution in [2.45, 2.75) is 13.3 Å². The standard InChI is InChI=1S/C9H11/c1-8(2)7-9-5-3-4-6-9/h3-6H,1,7H2,2H3. The van der Waals surface area contributed by atoms with Gasteiger partial charge in [-0.3, -0.25) is 0 Å². The molecule has 9 heavy (non-hydrogen) atoms. The van der Waals surface area contributed by atoms with Gasteiger partial charge in [0.05, 0.1) is 0 Å². The molecule has 0 amide bonds. The fourth-order valence-corrected chi connectivity index (χ4v) is 0.880. The third-order valence-electron chi connectivity index (χ3n) is 1.24. The molecule has 1 aliphatic carbocycles. The number of rotatable bonds is 2. The Balaban J connectivity index is 2.19. The van der Waals surface area contributed by atoms with Crippen molar-refractivity contribution in [1.82, 2.24) is 0 Å². The van der Waals surface area contributed by atoms with E-state index in [1.807, 2.05) is 6.92 Å². The number of hydrogen-bond donors (Lipinski definition) is 0. The summed E-state index contributed by atoms with van der Waals surface area (Å²) in [6, 6.07) is 0. The fourth-order valence-electron chi connectivity index (χ4n) is 0.880. The normalized spacial score (nSPS) is 20.6. The predicted molar refractivity (Wildman–Crippen MR) is 39.9 cm³/mol. The lowest BCUT2D eigenvalue weighted by molar-refractivity contribution is 1.03. The van der Waals surface area contributed by atoms with Crippen molar-refractivity contribution in [1.29, 1.82) is 0 Å². The Bertz CT molecular complexity index is 96.6. The first-order valence-electron chi connectivity index (χ1n) is 3.14. The molecule has 0 N–H and O–H groups in total. The molecular formula is C9H11. The molecule has 1 fully saturated rings. The van der Waals surface area contributed by atoms with Gasteiger partial charge in [0.15, 0.2) is 0 Å². The summed E-state index contributed by atoms with van der Waals surface area (Å²) in [5.41, 5.74) is 1.22. The summed E-state index contributed by atoms with van der Waals surface area (Å²) in [6.45, 7) is 5.88. The summed E-state index contributed by atoms with van der Waals surface area (Å²) in [5.74, 6) is 1.36. The average molecular weight is 119 g/mol. The molecule has 0 atom stereocenters. The summed E-state index contributed by atoms with van der Waals surface area (Å²) in [7, 11) is 0. The van der Waals surface area contributed by atoms with Gasteiger partial charge in [-0.05, 0) is 44.9 Å². The highest BCUT2D eigenvalue weighted by molar-refractivity contribution is 5.37. The molecule has 0 aromatic heterocycles. The topological polar surface area (TPSA) is 0 Å². The molecule has 0 bridgehead atoms. The van der Waals surface area contributed by atoms with E-state index in [1.54, 1.807) is 0 Å². The van der Waals surface area contributed by atoms with Crippen molar-refractivity contribution in [3.8, 4) is 0 Å². The zero-order valence-corrected chi connectivity index (χ0v) is 5.72. The van der Waals surface area contributed by atoms with Gasteiger partial charge in [-0.15, -0.1) is 6.58 Å². The van der Waals surface area contributed by atoms with Crippen LogP contribution in [0.15, 0.2) is 12.2 Å². The maximum atomic E-state index is 3.83. The molecule has 1 saturated carbocycles. The highest BCUT2D eigenvalue weighted by atomic mass is 14.2. The van der Waals surface area contributed by atoms with Crippen LogP contribution in [0.3, 0.4) is 0 Å². The first kappa shape index (κ1) is 6.85. The second-order valence-corrected chi connectivity index (χ2v) is 2.43. The average Bonchev–Trinajstić information content (AvgIpc) is 2.15. The molecule has 0 aromatic rings. The van der Waals surface area contributed by atoms with E-state index in [2.05, 4.69) is 32.3 Å². The summed E-state index contributed by atoms with van der Waals surface area (Å²) in [5, 5.41) is 0. The lowest BCUT2D eigenvalue weighted by atomic mass is 10.0.